The van der Waals surface area contributed by atoms with Crippen LogP contribution in [0, 0.1) is 5.92 Å². The van der Waals surface area contributed by atoms with E-state index in [0.717, 1.165) is 19.0 Å². The Kier molecular flexibility index (Phi) is 5.93. The molecule has 4 heteroatoms. The van der Waals surface area contributed by atoms with Gasteiger partial charge in [-0.2, -0.15) is 0 Å². The molecule has 0 aliphatic carbocycles. The molecule has 0 amide bonds. The molecule has 1 rings (SSSR count). The second-order valence-electron chi connectivity index (χ2n) is 4.30. The van der Waals surface area contributed by atoms with E-state index in [9.17, 15) is 0 Å². The summed E-state index contributed by atoms with van der Waals surface area (Å²) in [4.78, 5) is 6.48. The summed E-state index contributed by atoms with van der Waals surface area (Å²) in [6.45, 7) is 9.72. The van der Waals surface area contributed by atoms with Crippen molar-refractivity contribution >= 4 is 5.96 Å². The molecular formula is C12H23N3O. The minimum Gasteiger partial charge on any atom is -0.375 e. The molecule has 1 heterocycles. The number of aliphatic imine (C=N–C) groups is 1. The molecule has 2 N–H and O–H groups in total. The number of nitrogens with zero attached hydrogens (tertiary/aromatic N) is 2. The third-order valence-electron chi connectivity index (χ3n) is 2.73. The van der Waals surface area contributed by atoms with Crippen molar-refractivity contribution < 1.29 is 4.74 Å². The van der Waals surface area contributed by atoms with Crippen molar-refractivity contribution in [1.82, 2.24) is 4.90 Å². The maximum atomic E-state index is 5.93. The van der Waals surface area contributed by atoms with Crippen LogP contribution >= 0.6 is 0 Å². The lowest BCUT2D eigenvalue weighted by Gasteiger charge is -2.31. The van der Waals surface area contributed by atoms with Gasteiger partial charge in [-0.05, 0) is 18.8 Å². The Morgan fingerprint density at radius 2 is 2.50 bits per heavy atom. The standard InChI is InChI=1S/C12H23N3O/c1-3-8-16-9-6-14-12(13)15-7-4-5-11(2)10-15/h3,11H,1,4-10H2,2H3,(H2,13,14)/t11-/m1/s1. The van der Waals surface area contributed by atoms with E-state index in [1.165, 1.54) is 12.8 Å². The van der Waals surface area contributed by atoms with Crippen LogP contribution in [0.2, 0.25) is 0 Å². The van der Waals surface area contributed by atoms with E-state index in [1.807, 2.05) is 0 Å². The highest BCUT2D eigenvalue weighted by molar-refractivity contribution is 5.78. The van der Waals surface area contributed by atoms with Crippen molar-refractivity contribution in [2.24, 2.45) is 16.6 Å². The Labute approximate surface area is 98.2 Å². The summed E-state index contributed by atoms with van der Waals surface area (Å²) in [5.74, 6) is 1.38. The number of ether oxygens (including phenoxy) is 1. The van der Waals surface area contributed by atoms with Gasteiger partial charge in [0.1, 0.15) is 0 Å². The van der Waals surface area contributed by atoms with Crippen molar-refractivity contribution in [3.63, 3.8) is 0 Å². The summed E-state index contributed by atoms with van der Waals surface area (Å²) < 4.78 is 5.24. The largest absolute Gasteiger partial charge is 0.375 e. The van der Waals surface area contributed by atoms with Crippen molar-refractivity contribution in [3.8, 4) is 0 Å². The summed E-state index contributed by atoms with van der Waals surface area (Å²) in [6, 6.07) is 0. The molecule has 1 aliphatic heterocycles. The average Bonchev–Trinajstić information content (AvgIpc) is 2.28. The molecule has 0 aromatic rings. The van der Waals surface area contributed by atoms with Gasteiger partial charge in [-0.25, -0.2) is 0 Å². The third-order valence-corrected chi connectivity index (χ3v) is 2.73. The van der Waals surface area contributed by atoms with E-state index >= 15 is 0 Å². The highest BCUT2D eigenvalue weighted by Gasteiger charge is 2.17. The topological polar surface area (TPSA) is 50.9 Å². The highest BCUT2D eigenvalue weighted by Crippen LogP contribution is 2.14. The first-order chi connectivity index (χ1) is 7.74. The van der Waals surface area contributed by atoms with Gasteiger partial charge in [0, 0.05) is 13.1 Å². The van der Waals surface area contributed by atoms with E-state index in [-0.39, 0.29) is 0 Å². The van der Waals surface area contributed by atoms with Crippen molar-refractivity contribution in [2.75, 3.05) is 32.8 Å². The molecule has 1 aliphatic rings. The number of nitrogens with two attached hydrogens (primary N) is 1. The molecule has 0 radical (unpaired) electrons. The molecule has 0 saturated carbocycles. The van der Waals surface area contributed by atoms with Crippen LogP contribution in [0.4, 0.5) is 0 Å². The van der Waals surface area contributed by atoms with Crippen molar-refractivity contribution in [2.45, 2.75) is 19.8 Å². The Bertz CT molecular complexity index is 240. The quantitative estimate of drug-likeness (QED) is 0.331. The van der Waals surface area contributed by atoms with Gasteiger partial charge in [-0.15, -0.1) is 6.58 Å². The van der Waals surface area contributed by atoms with Crippen LogP contribution in [0.5, 0.6) is 0 Å². The second-order valence-corrected chi connectivity index (χ2v) is 4.30. The predicted octanol–water partition coefficient (Wildman–Crippen LogP) is 1.24. The van der Waals surface area contributed by atoms with Crippen LogP contribution in [0.1, 0.15) is 19.8 Å². The van der Waals surface area contributed by atoms with Crippen molar-refractivity contribution in [1.29, 1.82) is 0 Å². The molecule has 0 spiro atoms. The Balaban J connectivity index is 2.23. The predicted molar refractivity (Wildman–Crippen MR) is 67.5 cm³/mol. The molecule has 1 saturated heterocycles. The normalized spacial score (nSPS) is 22.2. The number of hydrogen-bond donors (Lipinski definition) is 1. The number of piperidine rings is 1. The minimum absolute atomic E-state index is 0.580. The zero-order valence-corrected chi connectivity index (χ0v) is 10.2. The van der Waals surface area contributed by atoms with Gasteiger partial charge in [0.2, 0.25) is 0 Å². The molecule has 0 aromatic carbocycles. The molecule has 16 heavy (non-hydrogen) atoms. The molecule has 4 nitrogen and oxygen atoms in total. The lowest BCUT2D eigenvalue weighted by molar-refractivity contribution is 0.170. The fourth-order valence-corrected chi connectivity index (χ4v) is 1.89. The summed E-state index contributed by atoms with van der Waals surface area (Å²) in [7, 11) is 0. The first-order valence-electron chi connectivity index (χ1n) is 5.97. The zero-order chi connectivity index (χ0) is 11.8. The number of rotatable bonds is 5. The molecule has 0 aromatic heterocycles. The van der Waals surface area contributed by atoms with Crippen LogP contribution in [0.25, 0.3) is 0 Å². The molecule has 92 valence electrons. The van der Waals surface area contributed by atoms with E-state index < -0.39 is 0 Å². The Morgan fingerprint density at radius 1 is 1.69 bits per heavy atom. The van der Waals surface area contributed by atoms with Crippen LogP contribution in [-0.2, 0) is 4.74 Å². The first-order valence-corrected chi connectivity index (χ1v) is 5.97. The number of guanidine groups is 1. The monoisotopic (exact) mass is 225 g/mol. The lowest BCUT2D eigenvalue weighted by atomic mass is 10.0. The second kappa shape index (κ2) is 7.28. The van der Waals surface area contributed by atoms with Gasteiger partial charge in [-0.1, -0.05) is 13.0 Å². The molecule has 1 fully saturated rings. The summed E-state index contributed by atoms with van der Waals surface area (Å²) in [5, 5.41) is 0. The number of hydrogen-bond acceptors (Lipinski definition) is 2. The first kappa shape index (κ1) is 13.0. The van der Waals surface area contributed by atoms with Crippen molar-refractivity contribution in [3.05, 3.63) is 12.7 Å². The Morgan fingerprint density at radius 3 is 3.19 bits per heavy atom. The average molecular weight is 225 g/mol. The van der Waals surface area contributed by atoms with Gasteiger partial charge < -0.3 is 15.4 Å². The lowest BCUT2D eigenvalue weighted by Crippen LogP contribution is -2.43. The smallest absolute Gasteiger partial charge is 0.191 e. The van der Waals surface area contributed by atoms with Gasteiger partial charge in [-0.3, -0.25) is 4.99 Å². The molecular weight excluding hydrogens is 202 g/mol. The molecule has 0 unspecified atom stereocenters. The van der Waals surface area contributed by atoms with E-state index in [4.69, 9.17) is 10.5 Å². The minimum atomic E-state index is 0.580. The highest BCUT2D eigenvalue weighted by atomic mass is 16.5. The van der Waals surface area contributed by atoms with Crippen LogP contribution in [0.15, 0.2) is 17.6 Å². The molecule has 1 atom stereocenters. The zero-order valence-electron chi connectivity index (χ0n) is 10.2. The maximum absolute atomic E-state index is 5.93. The van der Waals surface area contributed by atoms with E-state index in [2.05, 4.69) is 23.4 Å². The maximum Gasteiger partial charge on any atom is 0.191 e. The summed E-state index contributed by atoms with van der Waals surface area (Å²) >= 11 is 0. The fourth-order valence-electron chi connectivity index (χ4n) is 1.89. The Hall–Kier alpha value is -1.03. The molecule has 0 bridgehead atoms. The SMILES string of the molecule is C=CCOCCN=C(N)N1CCC[C@@H](C)C1. The summed E-state index contributed by atoms with van der Waals surface area (Å²) in [6.07, 6.45) is 4.25. The van der Waals surface area contributed by atoms with Crippen LogP contribution in [0.3, 0.4) is 0 Å². The van der Waals surface area contributed by atoms with E-state index in [0.29, 0.717) is 25.7 Å². The van der Waals surface area contributed by atoms with E-state index in [1.54, 1.807) is 6.08 Å². The van der Waals surface area contributed by atoms with Gasteiger partial charge >= 0.3 is 0 Å². The summed E-state index contributed by atoms with van der Waals surface area (Å²) in [5.41, 5.74) is 5.93. The number of likely N-dealkylation sites (tertiary alicyclic amines) is 1. The van der Waals surface area contributed by atoms with Gasteiger partial charge in [0.25, 0.3) is 0 Å². The fraction of sp³-hybridized carbons (Fsp3) is 0.750. The van der Waals surface area contributed by atoms with Crippen LogP contribution < -0.4 is 5.73 Å². The van der Waals surface area contributed by atoms with Gasteiger partial charge in [0.05, 0.1) is 19.8 Å². The van der Waals surface area contributed by atoms with Gasteiger partial charge in [0.15, 0.2) is 5.96 Å². The van der Waals surface area contributed by atoms with Crippen LogP contribution in [-0.4, -0.2) is 43.7 Å². The third kappa shape index (κ3) is 4.66.